The van der Waals surface area contributed by atoms with E-state index in [1.165, 1.54) is 64.9 Å². The Morgan fingerprint density at radius 3 is 1.26 bits per heavy atom. The van der Waals surface area contributed by atoms with E-state index in [0.29, 0.717) is 17.5 Å². The van der Waals surface area contributed by atoms with E-state index in [2.05, 4.69) is 161 Å². The third-order valence-electron chi connectivity index (χ3n) is 12.5. The van der Waals surface area contributed by atoms with Crippen molar-refractivity contribution in [1.29, 1.82) is 0 Å². The normalized spacial score (nSPS) is 11.9. The summed E-state index contributed by atoms with van der Waals surface area (Å²) in [7, 11) is 0. The van der Waals surface area contributed by atoms with Crippen LogP contribution in [0.1, 0.15) is 0 Å². The summed E-state index contributed by atoms with van der Waals surface area (Å²) in [4.78, 5) is 14.9. The number of benzene rings is 10. The van der Waals surface area contributed by atoms with Crippen LogP contribution in [0.2, 0.25) is 0 Å². The van der Waals surface area contributed by atoms with Crippen molar-refractivity contribution in [2.45, 2.75) is 0 Å². The van der Waals surface area contributed by atoms with Gasteiger partial charge in [0.2, 0.25) is 0 Å². The quantitative estimate of drug-likeness (QED) is 0.163. The molecule has 0 aliphatic rings. The lowest BCUT2D eigenvalue weighted by Crippen LogP contribution is -2.00. The van der Waals surface area contributed by atoms with Gasteiger partial charge in [-0.25, -0.2) is 15.0 Å². The van der Waals surface area contributed by atoms with Crippen molar-refractivity contribution < 1.29 is 0 Å². The summed E-state index contributed by atoms with van der Waals surface area (Å²) in [5.74, 6) is 1.92. The Morgan fingerprint density at radius 2 is 0.677 bits per heavy atom. The Morgan fingerprint density at radius 1 is 0.258 bits per heavy atom. The third-order valence-corrected chi connectivity index (χ3v) is 12.5. The van der Waals surface area contributed by atoms with E-state index in [1.807, 2.05) is 60.7 Å². The first-order chi connectivity index (χ1) is 30.8. The Labute approximate surface area is 356 Å². The molecule has 62 heavy (non-hydrogen) atoms. The van der Waals surface area contributed by atoms with E-state index in [0.717, 1.165) is 39.1 Å². The second-order valence-electron chi connectivity index (χ2n) is 16.0. The molecule has 0 amide bonds. The van der Waals surface area contributed by atoms with E-state index in [1.54, 1.807) is 0 Å². The molecule has 3 heterocycles. The van der Waals surface area contributed by atoms with Gasteiger partial charge in [-0.2, -0.15) is 0 Å². The van der Waals surface area contributed by atoms with Gasteiger partial charge in [0, 0.05) is 49.6 Å². The van der Waals surface area contributed by atoms with Crippen LogP contribution >= 0.6 is 0 Å². The van der Waals surface area contributed by atoms with Crippen LogP contribution < -0.4 is 0 Å². The highest BCUT2D eigenvalue weighted by atomic mass is 15.0. The minimum absolute atomic E-state index is 0.633. The number of para-hydroxylation sites is 2. The second-order valence-corrected chi connectivity index (χ2v) is 16.0. The number of rotatable bonds is 5. The topological polar surface area (TPSA) is 48.5 Å². The molecule has 3 aromatic heterocycles. The molecular weight excluding hydrogens is 755 g/mol. The van der Waals surface area contributed by atoms with Crippen molar-refractivity contribution in [2.75, 3.05) is 0 Å². The zero-order chi connectivity index (χ0) is 40.7. The van der Waals surface area contributed by atoms with E-state index in [9.17, 15) is 0 Å². The Kier molecular flexibility index (Phi) is 7.54. The van der Waals surface area contributed by atoms with Gasteiger partial charge in [0.15, 0.2) is 17.5 Å². The van der Waals surface area contributed by atoms with Gasteiger partial charge in [0.25, 0.3) is 0 Å². The van der Waals surface area contributed by atoms with Gasteiger partial charge in [-0.3, -0.25) is 0 Å². The van der Waals surface area contributed by atoms with Gasteiger partial charge >= 0.3 is 0 Å². The van der Waals surface area contributed by atoms with Crippen LogP contribution in [0.3, 0.4) is 0 Å². The summed E-state index contributed by atoms with van der Waals surface area (Å²) in [6.07, 6.45) is 0. The molecule has 13 rings (SSSR count). The van der Waals surface area contributed by atoms with Crippen LogP contribution in [0.5, 0.6) is 0 Å². The van der Waals surface area contributed by atoms with Crippen molar-refractivity contribution in [3.63, 3.8) is 0 Å². The lowest BCUT2D eigenvalue weighted by Gasteiger charge is -2.14. The zero-order valence-corrected chi connectivity index (χ0v) is 33.4. The molecule has 0 radical (unpaired) electrons. The van der Waals surface area contributed by atoms with Crippen molar-refractivity contribution in [3.05, 3.63) is 212 Å². The second kappa shape index (κ2) is 13.6. The van der Waals surface area contributed by atoms with E-state index in [4.69, 9.17) is 15.0 Å². The van der Waals surface area contributed by atoms with Crippen LogP contribution in [0.15, 0.2) is 212 Å². The van der Waals surface area contributed by atoms with Gasteiger partial charge < -0.3 is 9.13 Å². The van der Waals surface area contributed by atoms with Crippen LogP contribution in [0.25, 0.3) is 121 Å². The molecule has 0 fully saturated rings. The first-order valence-electron chi connectivity index (χ1n) is 21.0. The average molecular weight is 790 g/mol. The standard InChI is InChI=1S/C57H35N5/c1-3-15-36(16-4-1)55-58-56(37-17-5-2-6-18-37)60-57(59-55)38-27-29-39(30-28-38)62-50-25-13-11-23-46(50)47-33-34-52-53(54(47)62)48-24-12-14-26-51(48)61(52)40-31-32-45-43-21-8-7-19-41(43)42-20-9-10-22-44(42)49(45)35-40/h1-35H. The molecule has 0 atom stereocenters. The molecule has 13 aromatic rings. The molecule has 0 aliphatic carbocycles. The first-order valence-corrected chi connectivity index (χ1v) is 21.0. The van der Waals surface area contributed by atoms with E-state index >= 15 is 0 Å². The van der Waals surface area contributed by atoms with E-state index < -0.39 is 0 Å². The van der Waals surface area contributed by atoms with Crippen molar-refractivity contribution in [2.24, 2.45) is 0 Å². The average Bonchev–Trinajstić information content (AvgIpc) is 3.87. The number of nitrogens with zero attached hydrogens (tertiary/aromatic N) is 5. The monoisotopic (exact) mass is 789 g/mol. The maximum Gasteiger partial charge on any atom is 0.164 e. The van der Waals surface area contributed by atoms with Gasteiger partial charge in [0.1, 0.15) is 0 Å². The lowest BCUT2D eigenvalue weighted by molar-refractivity contribution is 1.07. The predicted octanol–water partition coefficient (Wildman–Crippen LogP) is 14.5. The number of hydrogen-bond donors (Lipinski definition) is 0. The molecule has 0 saturated carbocycles. The molecule has 0 N–H and O–H groups in total. The van der Waals surface area contributed by atoms with Crippen molar-refractivity contribution in [3.8, 4) is 45.5 Å². The molecule has 0 bridgehead atoms. The van der Waals surface area contributed by atoms with Gasteiger partial charge in [-0.05, 0) is 86.9 Å². The van der Waals surface area contributed by atoms with Gasteiger partial charge in [-0.15, -0.1) is 0 Å². The molecule has 5 heteroatoms. The van der Waals surface area contributed by atoms with Crippen LogP contribution in [-0.2, 0) is 0 Å². The fourth-order valence-electron chi connectivity index (χ4n) is 9.79. The maximum absolute atomic E-state index is 5.02. The Bertz CT molecular complexity index is 3810. The fraction of sp³-hybridized carbons (Fsp3) is 0. The molecule has 10 aromatic carbocycles. The molecule has 0 spiro atoms. The highest BCUT2D eigenvalue weighted by molar-refractivity contribution is 6.27. The predicted molar refractivity (Wildman–Crippen MR) is 257 cm³/mol. The largest absolute Gasteiger partial charge is 0.309 e. The molecule has 0 saturated heterocycles. The van der Waals surface area contributed by atoms with E-state index in [-0.39, 0.29) is 0 Å². The molecule has 288 valence electrons. The maximum atomic E-state index is 5.02. The molecule has 0 aliphatic heterocycles. The summed E-state index contributed by atoms with van der Waals surface area (Å²) in [5, 5.41) is 12.5. The Balaban J connectivity index is 1.03. The van der Waals surface area contributed by atoms with Crippen molar-refractivity contribution >= 4 is 75.9 Å². The minimum Gasteiger partial charge on any atom is -0.309 e. The minimum atomic E-state index is 0.633. The summed E-state index contributed by atoms with van der Waals surface area (Å²) in [6.45, 7) is 0. The number of hydrogen-bond acceptors (Lipinski definition) is 3. The molecular formula is C57H35N5. The SMILES string of the molecule is c1ccc(-c2nc(-c3ccccc3)nc(-c3ccc(-n4c5ccccc5c5ccc6c(c7ccccc7n6-c6ccc7c8ccccc8c8ccccc8c7c6)c54)cc3)n2)cc1. The smallest absolute Gasteiger partial charge is 0.164 e. The highest BCUT2D eigenvalue weighted by Gasteiger charge is 2.22. The summed E-state index contributed by atoms with van der Waals surface area (Å²) in [6, 6.07) is 75.7. The zero-order valence-electron chi connectivity index (χ0n) is 33.4. The van der Waals surface area contributed by atoms with Crippen molar-refractivity contribution in [1.82, 2.24) is 24.1 Å². The highest BCUT2D eigenvalue weighted by Crippen LogP contribution is 2.43. The molecule has 0 unspecified atom stereocenters. The first kappa shape index (κ1) is 34.5. The summed E-state index contributed by atoms with van der Waals surface area (Å²) in [5.41, 5.74) is 9.69. The number of aromatic nitrogens is 5. The lowest BCUT2D eigenvalue weighted by atomic mass is 9.94. The number of fused-ring (bicyclic) bond motifs is 13. The summed E-state index contributed by atoms with van der Waals surface area (Å²) >= 11 is 0. The third kappa shape index (κ3) is 5.18. The Hall–Kier alpha value is -8.41. The van der Waals surface area contributed by atoms with Crippen LogP contribution in [-0.4, -0.2) is 24.1 Å². The van der Waals surface area contributed by atoms with Crippen LogP contribution in [0.4, 0.5) is 0 Å². The molecule has 5 nitrogen and oxygen atoms in total. The van der Waals surface area contributed by atoms with Crippen LogP contribution in [0, 0.1) is 0 Å². The van der Waals surface area contributed by atoms with Gasteiger partial charge in [-0.1, -0.05) is 158 Å². The fourth-order valence-corrected chi connectivity index (χ4v) is 9.79. The summed E-state index contributed by atoms with van der Waals surface area (Å²) < 4.78 is 4.89. The van der Waals surface area contributed by atoms with Gasteiger partial charge in [0.05, 0.1) is 22.1 Å².